The molecule has 1 amide bonds. The molecule has 0 aliphatic rings. The van der Waals surface area contributed by atoms with E-state index in [9.17, 15) is 9.90 Å². The van der Waals surface area contributed by atoms with Gasteiger partial charge in [0.15, 0.2) is 0 Å². The number of hydrogen-bond acceptors (Lipinski definition) is 2. The zero-order valence-electron chi connectivity index (χ0n) is 11.7. The summed E-state index contributed by atoms with van der Waals surface area (Å²) in [6, 6.07) is 7.20. The molecule has 0 radical (unpaired) electrons. The molecule has 1 aromatic rings. The predicted octanol–water partition coefficient (Wildman–Crippen LogP) is 2.97. The smallest absolute Gasteiger partial charge is 0.228 e. The molecule has 1 rings (SSSR count). The topological polar surface area (TPSA) is 49.3 Å². The normalized spacial score (nSPS) is 14.2. The lowest BCUT2D eigenvalue weighted by Gasteiger charge is -2.23. The number of carbonyl (C=O) groups excluding carboxylic acids is 1. The molecule has 19 heavy (non-hydrogen) atoms. The number of halogens is 1. The number of nitrogens with one attached hydrogen (secondary N) is 1. The molecular weight excluding hydrogens is 262 g/mol. The third-order valence-electron chi connectivity index (χ3n) is 3.22. The van der Waals surface area contributed by atoms with Crippen molar-refractivity contribution in [2.24, 2.45) is 5.92 Å². The summed E-state index contributed by atoms with van der Waals surface area (Å²) in [7, 11) is 0. The molecule has 0 aromatic heterocycles. The summed E-state index contributed by atoms with van der Waals surface area (Å²) in [6.07, 6.45) is 0.711. The van der Waals surface area contributed by atoms with Gasteiger partial charge >= 0.3 is 0 Å². The Kier molecular flexibility index (Phi) is 6.32. The van der Waals surface area contributed by atoms with Crippen LogP contribution in [-0.2, 0) is 4.79 Å². The maximum atomic E-state index is 12.4. The van der Waals surface area contributed by atoms with Gasteiger partial charge in [0.2, 0.25) is 5.91 Å². The van der Waals surface area contributed by atoms with Crippen molar-refractivity contribution in [1.29, 1.82) is 0 Å². The van der Waals surface area contributed by atoms with Gasteiger partial charge in [0.05, 0.1) is 18.6 Å². The Morgan fingerprint density at radius 3 is 2.58 bits per heavy atom. The second-order valence-corrected chi connectivity index (χ2v) is 5.51. The zero-order chi connectivity index (χ0) is 14.4. The number of benzene rings is 1. The molecule has 3 nitrogen and oxygen atoms in total. The Morgan fingerprint density at radius 2 is 2.11 bits per heavy atom. The highest BCUT2D eigenvalue weighted by Crippen LogP contribution is 2.27. The molecule has 2 atom stereocenters. The van der Waals surface area contributed by atoms with Gasteiger partial charge in [-0.2, -0.15) is 0 Å². The van der Waals surface area contributed by atoms with Gasteiger partial charge in [0.25, 0.3) is 0 Å². The van der Waals surface area contributed by atoms with Gasteiger partial charge in [-0.3, -0.25) is 4.79 Å². The second-order valence-electron chi connectivity index (χ2n) is 5.07. The molecule has 0 aliphatic carbocycles. The first-order chi connectivity index (χ1) is 8.99. The SMILES string of the molecule is CCC(CO)NC(=O)C(c1cccc(Cl)c1)C(C)C. The quantitative estimate of drug-likeness (QED) is 0.843. The Balaban J connectivity index is 2.92. The zero-order valence-corrected chi connectivity index (χ0v) is 12.4. The van der Waals surface area contributed by atoms with E-state index < -0.39 is 0 Å². The summed E-state index contributed by atoms with van der Waals surface area (Å²) in [5.41, 5.74) is 0.910. The van der Waals surface area contributed by atoms with Crippen molar-refractivity contribution in [3.63, 3.8) is 0 Å². The van der Waals surface area contributed by atoms with Crippen LogP contribution in [0.1, 0.15) is 38.7 Å². The van der Waals surface area contributed by atoms with Crippen LogP contribution in [0.25, 0.3) is 0 Å². The van der Waals surface area contributed by atoms with Crippen LogP contribution in [0, 0.1) is 5.92 Å². The highest BCUT2D eigenvalue weighted by molar-refractivity contribution is 6.30. The van der Waals surface area contributed by atoms with Crippen LogP contribution in [-0.4, -0.2) is 23.7 Å². The van der Waals surface area contributed by atoms with Crippen molar-refractivity contribution in [3.05, 3.63) is 34.9 Å². The first kappa shape index (κ1) is 16.0. The van der Waals surface area contributed by atoms with Gasteiger partial charge in [-0.1, -0.05) is 44.5 Å². The van der Waals surface area contributed by atoms with E-state index in [0.29, 0.717) is 11.4 Å². The Labute approximate surface area is 120 Å². The lowest BCUT2D eigenvalue weighted by molar-refractivity contribution is -0.124. The van der Waals surface area contributed by atoms with Gasteiger partial charge in [-0.25, -0.2) is 0 Å². The van der Waals surface area contributed by atoms with E-state index in [1.165, 1.54) is 0 Å². The van der Waals surface area contributed by atoms with Crippen LogP contribution in [0.5, 0.6) is 0 Å². The van der Waals surface area contributed by atoms with E-state index in [4.69, 9.17) is 11.6 Å². The largest absolute Gasteiger partial charge is 0.394 e. The van der Waals surface area contributed by atoms with Gasteiger partial charge < -0.3 is 10.4 Å². The van der Waals surface area contributed by atoms with Gasteiger partial charge in [-0.05, 0) is 30.0 Å². The summed E-state index contributed by atoms with van der Waals surface area (Å²) in [5, 5.41) is 12.7. The number of aliphatic hydroxyl groups excluding tert-OH is 1. The lowest BCUT2D eigenvalue weighted by atomic mass is 9.87. The van der Waals surface area contributed by atoms with Gasteiger partial charge in [-0.15, -0.1) is 0 Å². The average Bonchev–Trinajstić information content (AvgIpc) is 2.35. The van der Waals surface area contributed by atoms with Crippen molar-refractivity contribution >= 4 is 17.5 Å². The molecular formula is C15H22ClNO2. The van der Waals surface area contributed by atoms with Gasteiger partial charge in [0.1, 0.15) is 0 Å². The average molecular weight is 284 g/mol. The Morgan fingerprint density at radius 1 is 1.42 bits per heavy atom. The molecule has 0 saturated carbocycles. The number of rotatable bonds is 6. The van der Waals surface area contributed by atoms with Crippen LogP contribution >= 0.6 is 11.6 Å². The Bertz CT molecular complexity index is 416. The molecule has 0 bridgehead atoms. The Hall–Kier alpha value is -1.06. The third-order valence-corrected chi connectivity index (χ3v) is 3.45. The maximum absolute atomic E-state index is 12.4. The molecule has 2 unspecified atom stereocenters. The first-order valence-electron chi connectivity index (χ1n) is 6.66. The summed E-state index contributed by atoms with van der Waals surface area (Å²) in [6.45, 7) is 5.91. The summed E-state index contributed by atoms with van der Waals surface area (Å²) >= 11 is 5.99. The lowest BCUT2D eigenvalue weighted by Crippen LogP contribution is -2.41. The molecule has 1 aromatic carbocycles. The number of aliphatic hydroxyl groups is 1. The number of carbonyl (C=O) groups is 1. The fourth-order valence-electron chi connectivity index (χ4n) is 2.11. The van der Waals surface area contributed by atoms with Crippen molar-refractivity contribution in [1.82, 2.24) is 5.32 Å². The summed E-state index contributed by atoms with van der Waals surface area (Å²) in [5.74, 6) is -0.146. The molecule has 0 aliphatic heterocycles. The minimum atomic E-state index is -0.251. The van der Waals surface area contributed by atoms with Crippen LogP contribution in [0.4, 0.5) is 0 Å². The van der Waals surface area contributed by atoms with Crippen molar-refractivity contribution in [3.8, 4) is 0 Å². The van der Waals surface area contributed by atoms with Crippen molar-refractivity contribution in [2.45, 2.75) is 39.2 Å². The second kappa shape index (κ2) is 7.51. The summed E-state index contributed by atoms with van der Waals surface area (Å²) < 4.78 is 0. The van der Waals surface area contributed by atoms with E-state index in [2.05, 4.69) is 5.32 Å². The predicted molar refractivity (Wildman–Crippen MR) is 78.3 cm³/mol. The van der Waals surface area contributed by atoms with E-state index >= 15 is 0 Å². The maximum Gasteiger partial charge on any atom is 0.228 e. The molecule has 0 fully saturated rings. The highest BCUT2D eigenvalue weighted by Gasteiger charge is 2.25. The monoisotopic (exact) mass is 283 g/mol. The van der Waals surface area contributed by atoms with Crippen LogP contribution in [0.2, 0.25) is 5.02 Å². The van der Waals surface area contributed by atoms with Gasteiger partial charge in [0, 0.05) is 5.02 Å². The minimum absolute atomic E-state index is 0.0391. The minimum Gasteiger partial charge on any atom is -0.394 e. The van der Waals surface area contributed by atoms with E-state index in [-0.39, 0.29) is 30.4 Å². The van der Waals surface area contributed by atoms with Crippen LogP contribution < -0.4 is 5.32 Å². The fraction of sp³-hybridized carbons (Fsp3) is 0.533. The summed E-state index contributed by atoms with van der Waals surface area (Å²) in [4.78, 5) is 12.4. The fourth-order valence-corrected chi connectivity index (χ4v) is 2.31. The number of hydrogen-bond donors (Lipinski definition) is 2. The van der Waals surface area contributed by atoms with E-state index in [0.717, 1.165) is 5.56 Å². The van der Waals surface area contributed by atoms with E-state index in [1.54, 1.807) is 6.07 Å². The van der Waals surface area contributed by atoms with Crippen LogP contribution in [0.15, 0.2) is 24.3 Å². The molecule has 0 heterocycles. The molecule has 4 heteroatoms. The standard InChI is InChI=1S/C15H22ClNO2/c1-4-13(9-18)17-15(19)14(10(2)3)11-6-5-7-12(16)8-11/h5-8,10,13-14,18H,4,9H2,1-3H3,(H,17,19). The van der Waals surface area contributed by atoms with E-state index in [1.807, 2.05) is 39.0 Å². The van der Waals surface area contributed by atoms with Crippen molar-refractivity contribution in [2.75, 3.05) is 6.61 Å². The molecule has 0 saturated heterocycles. The first-order valence-corrected chi connectivity index (χ1v) is 7.04. The van der Waals surface area contributed by atoms with Crippen LogP contribution in [0.3, 0.4) is 0 Å². The molecule has 106 valence electrons. The third kappa shape index (κ3) is 4.51. The number of amides is 1. The molecule has 2 N–H and O–H groups in total. The van der Waals surface area contributed by atoms with Crippen molar-refractivity contribution < 1.29 is 9.90 Å². The molecule has 0 spiro atoms. The highest BCUT2D eigenvalue weighted by atomic mass is 35.5.